The summed E-state index contributed by atoms with van der Waals surface area (Å²) < 4.78 is 28.4. The first kappa shape index (κ1) is 20.5. The van der Waals surface area contributed by atoms with Crippen molar-refractivity contribution < 1.29 is 8.78 Å². The minimum absolute atomic E-state index is 0.0442. The van der Waals surface area contributed by atoms with Crippen LogP contribution >= 0.6 is 0 Å². The molecule has 6 heteroatoms. The minimum atomic E-state index is -2.57. The van der Waals surface area contributed by atoms with E-state index in [9.17, 15) is 8.78 Å². The van der Waals surface area contributed by atoms with Gasteiger partial charge in [-0.25, -0.2) is 8.78 Å². The van der Waals surface area contributed by atoms with Crippen molar-refractivity contribution in [3.05, 3.63) is 77.8 Å². The summed E-state index contributed by atoms with van der Waals surface area (Å²) in [6.45, 7) is 7.52. The Morgan fingerprint density at radius 3 is 2.75 bits per heavy atom. The van der Waals surface area contributed by atoms with Gasteiger partial charge in [0.1, 0.15) is 0 Å². The van der Waals surface area contributed by atoms with Crippen molar-refractivity contribution in [3.8, 4) is 11.1 Å². The molecule has 3 aromatic rings. The number of para-hydroxylation sites is 1. The van der Waals surface area contributed by atoms with E-state index in [-0.39, 0.29) is 5.56 Å². The number of halogens is 2. The van der Waals surface area contributed by atoms with Crippen LogP contribution in [-0.2, 0) is 6.42 Å². The Bertz CT molecular complexity index is 1170. The standard InChI is InChI=1S/C26H26F2N4/c1-16-8-9-19(15-30-16)20-13-18-5-4-12-32(24(18)14-21(20)26(27)28)23-7-3-6-22-25(23)29-11-10-17(2)31-22/h3,6-9,13-15,26,29,31H,2,4-5,10-12H2,1H3. The van der Waals surface area contributed by atoms with Crippen molar-refractivity contribution >= 4 is 22.7 Å². The van der Waals surface area contributed by atoms with Crippen LogP contribution in [0.3, 0.4) is 0 Å². The number of anilines is 4. The Hall–Kier alpha value is -3.41. The molecular weight excluding hydrogens is 406 g/mol. The van der Waals surface area contributed by atoms with E-state index in [2.05, 4.69) is 33.2 Å². The Morgan fingerprint density at radius 2 is 1.97 bits per heavy atom. The molecule has 3 heterocycles. The van der Waals surface area contributed by atoms with E-state index >= 15 is 0 Å². The highest BCUT2D eigenvalue weighted by atomic mass is 19.3. The molecule has 0 radical (unpaired) electrons. The number of hydrogen-bond donors (Lipinski definition) is 2. The third kappa shape index (κ3) is 3.70. The van der Waals surface area contributed by atoms with Crippen LogP contribution in [0.4, 0.5) is 31.5 Å². The van der Waals surface area contributed by atoms with E-state index in [1.54, 1.807) is 12.3 Å². The van der Waals surface area contributed by atoms with Crippen molar-refractivity contribution in [2.24, 2.45) is 0 Å². The lowest BCUT2D eigenvalue weighted by atomic mass is 9.92. The molecule has 32 heavy (non-hydrogen) atoms. The lowest BCUT2D eigenvalue weighted by molar-refractivity contribution is 0.152. The number of alkyl halides is 2. The van der Waals surface area contributed by atoms with Gasteiger partial charge in [0.05, 0.1) is 17.1 Å². The molecule has 164 valence electrons. The Morgan fingerprint density at radius 1 is 1.09 bits per heavy atom. The predicted octanol–water partition coefficient (Wildman–Crippen LogP) is 6.82. The maximum absolute atomic E-state index is 14.2. The van der Waals surface area contributed by atoms with Gasteiger partial charge in [-0.05, 0) is 61.2 Å². The molecule has 0 saturated carbocycles. The van der Waals surface area contributed by atoms with Crippen molar-refractivity contribution in [2.45, 2.75) is 32.6 Å². The summed E-state index contributed by atoms with van der Waals surface area (Å²) in [5.74, 6) is 0. The number of pyridine rings is 1. The molecule has 2 aliphatic heterocycles. The van der Waals surface area contributed by atoms with Crippen LogP contribution in [0.5, 0.6) is 0 Å². The summed E-state index contributed by atoms with van der Waals surface area (Å²) >= 11 is 0. The van der Waals surface area contributed by atoms with Crippen LogP contribution in [0.2, 0.25) is 0 Å². The smallest absolute Gasteiger partial charge is 0.264 e. The quantitative estimate of drug-likeness (QED) is 0.476. The third-order valence-corrected chi connectivity index (χ3v) is 6.20. The molecule has 0 atom stereocenters. The first-order chi connectivity index (χ1) is 15.5. The maximum atomic E-state index is 14.2. The number of aromatic nitrogens is 1. The van der Waals surface area contributed by atoms with Crippen molar-refractivity contribution in [1.82, 2.24) is 4.98 Å². The summed E-state index contributed by atoms with van der Waals surface area (Å²) in [4.78, 5) is 6.49. The highest BCUT2D eigenvalue weighted by Crippen LogP contribution is 2.45. The van der Waals surface area contributed by atoms with Gasteiger partial charge in [0.25, 0.3) is 6.43 Å². The van der Waals surface area contributed by atoms with E-state index < -0.39 is 6.43 Å². The van der Waals surface area contributed by atoms with Gasteiger partial charge in [-0.1, -0.05) is 18.7 Å². The van der Waals surface area contributed by atoms with Gasteiger partial charge in [-0.2, -0.15) is 0 Å². The molecule has 2 aromatic carbocycles. The number of hydrogen-bond acceptors (Lipinski definition) is 4. The molecule has 0 amide bonds. The molecule has 0 aliphatic carbocycles. The zero-order valence-corrected chi connectivity index (χ0v) is 18.1. The van der Waals surface area contributed by atoms with Crippen LogP contribution in [-0.4, -0.2) is 18.1 Å². The number of rotatable bonds is 3. The molecule has 0 unspecified atom stereocenters. The lowest BCUT2D eigenvalue weighted by Crippen LogP contribution is -2.26. The summed E-state index contributed by atoms with van der Waals surface area (Å²) in [5, 5.41) is 6.89. The predicted molar refractivity (Wildman–Crippen MR) is 127 cm³/mol. The van der Waals surface area contributed by atoms with Crippen LogP contribution in [0.25, 0.3) is 11.1 Å². The van der Waals surface area contributed by atoms with Gasteiger partial charge in [0, 0.05) is 53.9 Å². The van der Waals surface area contributed by atoms with Crippen LogP contribution < -0.4 is 15.5 Å². The molecule has 1 aromatic heterocycles. The van der Waals surface area contributed by atoms with Crippen LogP contribution in [0, 0.1) is 6.92 Å². The van der Waals surface area contributed by atoms with E-state index in [1.807, 2.05) is 37.3 Å². The number of aryl methyl sites for hydroxylation is 2. The Balaban J connectivity index is 1.63. The summed E-state index contributed by atoms with van der Waals surface area (Å²) in [5.41, 5.74) is 8.05. The zero-order chi connectivity index (χ0) is 22.2. The van der Waals surface area contributed by atoms with Gasteiger partial charge >= 0.3 is 0 Å². The molecule has 0 bridgehead atoms. The molecule has 0 spiro atoms. The highest BCUT2D eigenvalue weighted by Gasteiger charge is 2.26. The van der Waals surface area contributed by atoms with Crippen molar-refractivity contribution in [2.75, 3.05) is 28.6 Å². The van der Waals surface area contributed by atoms with Crippen molar-refractivity contribution in [3.63, 3.8) is 0 Å². The number of nitrogens with one attached hydrogen (secondary N) is 2. The summed E-state index contributed by atoms with van der Waals surface area (Å²) in [7, 11) is 0. The van der Waals surface area contributed by atoms with Gasteiger partial charge in [-0.15, -0.1) is 0 Å². The molecule has 0 fully saturated rings. The second-order valence-corrected chi connectivity index (χ2v) is 8.42. The molecule has 4 nitrogen and oxygen atoms in total. The zero-order valence-electron chi connectivity index (χ0n) is 18.1. The van der Waals surface area contributed by atoms with E-state index in [1.165, 1.54) is 0 Å². The van der Waals surface area contributed by atoms with Gasteiger partial charge in [0.15, 0.2) is 0 Å². The van der Waals surface area contributed by atoms with Gasteiger partial charge in [-0.3, -0.25) is 4.98 Å². The average Bonchev–Trinajstić information content (AvgIpc) is 2.98. The first-order valence-electron chi connectivity index (χ1n) is 11.0. The molecule has 2 aliphatic rings. The molecular formula is C26H26F2N4. The summed E-state index contributed by atoms with van der Waals surface area (Å²) in [6, 6.07) is 13.4. The SMILES string of the molecule is C=C1CCNc2c(cccc2N2CCCc3cc(-c4ccc(C)nc4)c(C(F)F)cc32)N1. The lowest BCUT2D eigenvalue weighted by Gasteiger charge is -2.34. The number of benzene rings is 2. The Kier molecular flexibility index (Phi) is 5.29. The van der Waals surface area contributed by atoms with E-state index in [4.69, 9.17) is 0 Å². The Labute approximate surface area is 187 Å². The van der Waals surface area contributed by atoms with Crippen LogP contribution in [0.15, 0.2) is 60.9 Å². The van der Waals surface area contributed by atoms with E-state index in [0.717, 1.165) is 77.6 Å². The molecule has 5 rings (SSSR count). The topological polar surface area (TPSA) is 40.2 Å². The first-order valence-corrected chi connectivity index (χ1v) is 11.0. The fourth-order valence-corrected chi connectivity index (χ4v) is 4.60. The highest BCUT2D eigenvalue weighted by molar-refractivity contribution is 5.89. The van der Waals surface area contributed by atoms with E-state index in [0.29, 0.717) is 5.56 Å². The second kappa shape index (κ2) is 8.26. The average molecular weight is 433 g/mol. The van der Waals surface area contributed by atoms with Gasteiger partial charge in [0.2, 0.25) is 0 Å². The number of fused-ring (bicyclic) bond motifs is 2. The van der Waals surface area contributed by atoms with Crippen molar-refractivity contribution in [1.29, 1.82) is 0 Å². The molecule has 0 saturated heterocycles. The minimum Gasteiger partial charge on any atom is -0.381 e. The van der Waals surface area contributed by atoms with Gasteiger partial charge < -0.3 is 15.5 Å². The van der Waals surface area contributed by atoms with Crippen LogP contribution in [0.1, 0.15) is 36.1 Å². The molecule has 2 N–H and O–H groups in total. The fourth-order valence-electron chi connectivity index (χ4n) is 4.60. The monoisotopic (exact) mass is 432 g/mol. The number of nitrogens with zero attached hydrogens (tertiary/aromatic N) is 2. The third-order valence-electron chi connectivity index (χ3n) is 6.20. The largest absolute Gasteiger partial charge is 0.381 e. The summed E-state index contributed by atoms with van der Waals surface area (Å²) in [6.07, 6.45) is 1.75. The fraction of sp³-hybridized carbons (Fsp3) is 0.269. The second-order valence-electron chi connectivity index (χ2n) is 8.42. The maximum Gasteiger partial charge on any atom is 0.264 e. The normalized spacial score (nSPS) is 15.5.